The van der Waals surface area contributed by atoms with Crippen LogP contribution in [-0.4, -0.2) is 35.7 Å². The van der Waals surface area contributed by atoms with Gasteiger partial charge in [0.2, 0.25) is 0 Å². The van der Waals surface area contributed by atoms with E-state index in [4.69, 9.17) is 0 Å². The summed E-state index contributed by atoms with van der Waals surface area (Å²) in [5, 5.41) is 10.6. The molecule has 102 valence electrons. The molecule has 1 N–H and O–H groups in total. The van der Waals surface area contributed by atoms with E-state index in [2.05, 4.69) is 32.8 Å². The number of hydrogen-bond donors (Lipinski definition) is 1. The molecular formula is C15H31NO. The van der Waals surface area contributed by atoms with Crippen LogP contribution in [0.15, 0.2) is 0 Å². The lowest BCUT2D eigenvalue weighted by Gasteiger charge is -2.48. The van der Waals surface area contributed by atoms with Gasteiger partial charge in [-0.3, -0.25) is 0 Å². The first kappa shape index (κ1) is 15.0. The van der Waals surface area contributed by atoms with Crippen LogP contribution in [-0.2, 0) is 0 Å². The van der Waals surface area contributed by atoms with E-state index in [1.54, 1.807) is 0 Å². The minimum absolute atomic E-state index is 0.0470. The second-order valence-electron chi connectivity index (χ2n) is 6.21. The normalized spacial score (nSPS) is 31.8. The number of hydrogen-bond acceptors (Lipinski definition) is 2. The van der Waals surface area contributed by atoms with Gasteiger partial charge in [0.05, 0.1) is 6.10 Å². The highest BCUT2D eigenvalue weighted by Crippen LogP contribution is 2.39. The van der Waals surface area contributed by atoms with Crippen molar-refractivity contribution < 1.29 is 5.11 Å². The Labute approximate surface area is 107 Å². The summed E-state index contributed by atoms with van der Waals surface area (Å²) < 4.78 is 0. The van der Waals surface area contributed by atoms with Crippen LogP contribution in [0.1, 0.15) is 65.2 Å². The van der Waals surface area contributed by atoms with Crippen LogP contribution in [0, 0.1) is 5.92 Å². The van der Waals surface area contributed by atoms with Gasteiger partial charge in [-0.25, -0.2) is 0 Å². The molecule has 0 saturated heterocycles. The number of aliphatic hydroxyl groups excluding tert-OH is 1. The van der Waals surface area contributed by atoms with Gasteiger partial charge in [-0.05, 0) is 39.3 Å². The summed E-state index contributed by atoms with van der Waals surface area (Å²) in [6, 6.07) is 0. The molecule has 2 heteroatoms. The molecule has 1 aliphatic rings. The van der Waals surface area contributed by atoms with Crippen LogP contribution < -0.4 is 0 Å². The van der Waals surface area contributed by atoms with Gasteiger partial charge in [0, 0.05) is 5.54 Å². The molecule has 0 heterocycles. The molecule has 0 aromatic heterocycles. The van der Waals surface area contributed by atoms with Gasteiger partial charge in [0.25, 0.3) is 0 Å². The standard InChI is InChI=1S/C15H31NO/c1-5-6-7-10-14(17)15(16(3)4)11-8-9-13(2)12-15/h13-14,17H,5-12H2,1-4H3. The van der Waals surface area contributed by atoms with Crippen molar-refractivity contribution in [2.45, 2.75) is 76.9 Å². The van der Waals surface area contributed by atoms with E-state index in [0.29, 0.717) is 0 Å². The summed E-state index contributed by atoms with van der Waals surface area (Å²) in [7, 11) is 4.28. The molecule has 2 nitrogen and oxygen atoms in total. The van der Waals surface area contributed by atoms with E-state index in [9.17, 15) is 5.11 Å². The van der Waals surface area contributed by atoms with E-state index in [-0.39, 0.29) is 11.6 Å². The Morgan fingerprint density at radius 3 is 2.59 bits per heavy atom. The van der Waals surface area contributed by atoms with Crippen molar-refractivity contribution in [2.24, 2.45) is 5.92 Å². The van der Waals surface area contributed by atoms with Crippen LogP contribution in [0.25, 0.3) is 0 Å². The van der Waals surface area contributed by atoms with Crippen molar-refractivity contribution in [1.29, 1.82) is 0 Å². The van der Waals surface area contributed by atoms with Crippen molar-refractivity contribution in [3.63, 3.8) is 0 Å². The van der Waals surface area contributed by atoms with Gasteiger partial charge in [-0.15, -0.1) is 0 Å². The minimum atomic E-state index is -0.146. The number of nitrogens with zero attached hydrogens (tertiary/aromatic N) is 1. The molecule has 1 rings (SSSR count). The molecule has 0 radical (unpaired) electrons. The number of rotatable bonds is 6. The first-order valence-electron chi connectivity index (χ1n) is 7.38. The van der Waals surface area contributed by atoms with E-state index in [0.717, 1.165) is 25.2 Å². The highest BCUT2D eigenvalue weighted by atomic mass is 16.3. The lowest BCUT2D eigenvalue weighted by atomic mass is 9.71. The molecule has 0 aromatic rings. The second kappa shape index (κ2) is 6.75. The van der Waals surface area contributed by atoms with Crippen LogP contribution >= 0.6 is 0 Å². The predicted octanol–water partition coefficient (Wildman–Crippen LogP) is 3.44. The average Bonchev–Trinajstić information content (AvgIpc) is 2.28. The fourth-order valence-corrected chi connectivity index (χ4v) is 3.43. The molecule has 0 bridgehead atoms. The largest absolute Gasteiger partial charge is 0.391 e. The predicted molar refractivity (Wildman–Crippen MR) is 74.2 cm³/mol. The molecule has 0 aromatic carbocycles. The van der Waals surface area contributed by atoms with Gasteiger partial charge in [0.1, 0.15) is 0 Å². The van der Waals surface area contributed by atoms with E-state index >= 15 is 0 Å². The fourth-order valence-electron chi connectivity index (χ4n) is 3.43. The smallest absolute Gasteiger partial charge is 0.0723 e. The molecule has 0 spiro atoms. The summed E-state index contributed by atoms with van der Waals surface area (Å²) in [5.41, 5.74) is 0.0470. The molecule has 1 fully saturated rings. The molecule has 17 heavy (non-hydrogen) atoms. The molecule has 0 amide bonds. The van der Waals surface area contributed by atoms with Gasteiger partial charge in [0.15, 0.2) is 0 Å². The Bertz CT molecular complexity index is 217. The quantitative estimate of drug-likeness (QED) is 0.720. The van der Waals surface area contributed by atoms with Gasteiger partial charge in [-0.2, -0.15) is 0 Å². The molecule has 3 unspecified atom stereocenters. The Hall–Kier alpha value is -0.0800. The maximum atomic E-state index is 10.6. The third kappa shape index (κ3) is 3.69. The van der Waals surface area contributed by atoms with Gasteiger partial charge >= 0.3 is 0 Å². The van der Waals surface area contributed by atoms with Crippen LogP contribution in [0.3, 0.4) is 0 Å². The third-order valence-corrected chi connectivity index (χ3v) is 4.60. The topological polar surface area (TPSA) is 23.5 Å². The summed E-state index contributed by atoms with van der Waals surface area (Å²) in [6.45, 7) is 4.55. The van der Waals surface area contributed by atoms with Crippen molar-refractivity contribution >= 4 is 0 Å². The van der Waals surface area contributed by atoms with Crippen molar-refractivity contribution in [2.75, 3.05) is 14.1 Å². The molecule has 1 saturated carbocycles. The van der Waals surface area contributed by atoms with E-state index < -0.39 is 0 Å². The highest BCUT2D eigenvalue weighted by molar-refractivity contribution is 4.98. The summed E-state index contributed by atoms with van der Waals surface area (Å²) >= 11 is 0. The number of likely N-dealkylation sites (N-methyl/N-ethyl adjacent to an activating group) is 1. The summed E-state index contributed by atoms with van der Waals surface area (Å²) in [6.07, 6.45) is 9.40. The monoisotopic (exact) mass is 241 g/mol. The second-order valence-corrected chi connectivity index (χ2v) is 6.21. The lowest BCUT2D eigenvalue weighted by Crippen LogP contribution is -2.56. The van der Waals surface area contributed by atoms with Crippen molar-refractivity contribution in [1.82, 2.24) is 4.90 Å². The molecular weight excluding hydrogens is 210 g/mol. The maximum Gasteiger partial charge on any atom is 0.0723 e. The van der Waals surface area contributed by atoms with E-state index in [1.165, 1.54) is 32.1 Å². The van der Waals surface area contributed by atoms with Crippen molar-refractivity contribution in [3.8, 4) is 0 Å². The SMILES string of the molecule is CCCCCC(O)C1(N(C)C)CCCC(C)C1. The number of aliphatic hydroxyl groups is 1. The first-order chi connectivity index (χ1) is 8.03. The first-order valence-corrected chi connectivity index (χ1v) is 7.38. The molecule has 3 atom stereocenters. The molecule has 1 aliphatic carbocycles. The van der Waals surface area contributed by atoms with Crippen LogP contribution in [0.2, 0.25) is 0 Å². The average molecular weight is 241 g/mol. The Balaban J connectivity index is 2.62. The fraction of sp³-hybridized carbons (Fsp3) is 1.00. The summed E-state index contributed by atoms with van der Waals surface area (Å²) in [4.78, 5) is 2.29. The van der Waals surface area contributed by atoms with Gasteiger partial charge < -0.3 is 10.0 Å². The highest BCUT2D eigenvalue weighted by Gasteiger charge is 2.42. The van der Waals surface area contributed by atoms with Crippen LogP contribution in [0.4, 0.5) is 0 Å². The zero-order valence-corrected chi connectivity index (χ0v) is 12.2. The van der Waals surface area contributed by atoms with Gasteiger partial charge in [-0.1, -0.05) is 46.0 Å². The Morgan fingerprint density at radius 2 is 2.06 bits per heavy atom. The Morgan fingerprint density at radius 1 is 1.35 bits per heavy atom. The summed E-state index contributed by atoms with van der Waals surface area (Å²) in [5.74, 6) is 0.756. The zero-order chi connectivity index (χ0) is 12.9. The van der Waals surface area contributed by atoms with E-state index in [1.807, 2.05) is 0 Å². The Kier molecular flexibility index (Phi) is 5.94. The van der Waals surface area contributed by atoms with Crippen molar-refractivity contribution in [3.05, 3.63) is 0 Å². The van der Waals surface area contributed by atoms with Crippen LogP contribution in [0.5, 0.6) is 0 Å². The minimum Gasteiger partial charge on any atom is -0.391 e. The third-order valence-electron chi connectivity index (χ3n) is 4.60. The number of unbranched alkanes of at least 4 members (excludes halogenated alkanes) is 2. The lowest BCUT2D eigenvalue weighted by molar-refractivity contribution is -0.0475. The zero-order valence-electron chi connectivity index (χ0n) is 12.2. The molecule has 0 aliphatic heterocycles. The maximum absolute atomic E-state index is 10.6.